The number of likely N-dealkylation sites (tertiary alicyclic amines) is 1. The molecular formula is C24H31Cl2N3O. The van der Waals surface area contributed by atoms with Gasteiger partial charge in [-0.25, -0.2) is 0 Å². The number of benzene rings is 1. The third-order valence-electron chi connectivity index (χ3n) is 5.68. The predicted molar refractivity (Wildman–Crippen MR) is 124 cm³/mol. The van der Waals surface area contributed by atoms with E-state index in [9.17, 15) is 4.79 Å². The average molecular weight is 448 g/mol. The van der Waals surface area contributed by atoms with Gasteiger partial charge in [0.05, 0.1) is 11.7 Å². The summed E-state index contributed by atoms with van der Waals surface area (Å²) in [5, 5.41) is 4.61. The van der Waals surface area contributed by atoms with Gasteiger partial charge in [-0.05, 0) is 55.6 Å². The number of hydrogen-bond donors (Lipinski definition) is 1. The lowest BCUT2D eigenvalue weighted by Crippen LogP contribution is -2.44. The summed E-state index contributed by atoms with van der Waals surface area (Å²) in [4.78, 5) is 19.8. The predicted octanol–water partition coefficient (Wildman–Crippen LogP) is 6.04. The van der Waals surface area contributed by atoms with Crippen LogP contribution >= 0.6 is 23.2 Å². The van der Waals surface area contributed by atoms with Gasteiger partial charge in [-0.15, -0.1) is 0 Å². The van der Waals surface area contributed by atoms with Crippen molar-refractivity contribution in [2.45, 2.75) is 65.1 Å². The number of nitrogens with zero attached hydrogens (tertiary/aromatic N) is 2. The molecule has 0 radical (unpaired) electrons. The van der Waals surface area contributed by atoms with Crippen LogP contribution in [0.25, 0.3) is 0 Å². The van der Waals surface area contributed by atoms with Crippen molar-refractivity contribution in [1.82, 2.24) is 15.2 Å². The Bertz CT molecular complexity index is 851. The van der Waals surface area contributed by atoms with Crippen LogP contribution in [0.5, 0.6) is 0 Å². The fourth-order valence-corrected chi connectivity index (χ4v) is 4.35. The zero-order valence-electron chi connectivity index (χ0n) is 18.0. The van der Waals surface area contributed by atoms with Crippen LogP contribution in [0.2, 0.25) is 10.0 Å². The molecule has 1 aliphatic rings. The molecule has 1 aliphatic heterocycles. The molecule has 162 valence electrons. The summed E-state index contributed by atoms with van der Waals surface area (Å²) in [6, 6.07) is 11.8. The van der Waals surface area contributed by atoms with Crippen LogP contribution in [-0.2, 0) is 11.3 Å². The highest BCUT2D eigenvalue weighted by molar-refractivity contribution is 6.35. The molecule has 1 saturated heterocycles. The second-order valence-corrected chi connectivity index (χ2v) is 9.97. The normalized spacial score (nSPS) is 18.8. The van der Waals surface area contributed by atoms with E-state index in [1.165, 1.54) is 12.8 Å². The van der Waals surface area contributed by atoms with Crippen LogP contribution in [0.15, 0.2) is 42.6 Å². The molecule has 0 aliphatic carbocycles. The van der Waals surface area contributed by atoms with Gasteiger partial charge < -0.3 is 5.32 Å². The van der Waals surface area contributed by atoms with Crippen LogP contribution in [0.3, 0.4) is 0 Å². The second kappa shape index (κ2) is 10.1. The largest absolute Gasteiger partial charge is 0.347 e. The minimum Gasteiger partial charge on any atom is -0.347 e. The highest BCUT2D eigenvalue weighted by Crippen LogP contribution is 2.30. The molecule has 3 rings (SSSR count). The molecule has 4 nitrogen and oxygen atoms in total. The number of carbonyl (C=O) groups is 1. The lowest BCUT2D eigenvalue weighted by molar-refractivity contribution is -0.129. The number of pyridine rings is 1. The molecule has 2 heterocycles. The molecule has 6 heteroatoms. The number of carbonyl (C=O) groups excluding carboxylic acids is 1. The van der Waals surface area contributed by atoms with E-state index >= 15 is 0 Å². The maximum atomic E-state index is 12.8. The summed E-state index contributed by atoms with van der Waals surface area (Å²) in [7, 11) is 0. The van der Waals surface area contributed by atoms with Crippen LogP contribution < -0.4 is 5.32 Å². The minimum atomic E-state index is -0.448. The van der Waals surface area contributed by atoms with Crippen molar-refractivity contribution in [3.63, 3.8) is 0 Å². The Labute approximate surface area is 190 Å². The summed E-state index contributed by atoms with van der Waals surface area (Å²) in [6.07, 6.45) is 6.07. The van der Waals surface area contributed by atoms with Gasteiger partial charge in [-0.3, -0.25) is 14.7 Å². The number of aromatic nitrogens is 1. The van der Waals surface area contributed by atoms with Gasteiger partial charge in [0, 0.05) is 34.2 Å². The van der Waals surface area contributed by atoms with E-state index in [4.69, 9.17) is 23.2 Å². The Hall–Kier alpha value is -1.62. The number of halogens is 2. The van der Waals surface area contributed by atoms with Gasteiger partial charge in [-0.1, -0.05) is 62.5 Å². The van der Waals surface area contributed by atoms with E-state index in [0.29, 0.717) is 16.1 Å². The Kier molecular flexibility index (Phi) is 7.78. The molecule has 0 saturated carbocycles. The summed E-state index contributed by atoms with van der Waals surface area (Å²) in [5.74, 6) is 0.0428. The Morgan fingerprint density at radius 3 is 2.70 bits per heavy atom. The van der Waals surface area contributed by atoms with Crippen LogP contribution in [0, 0.1) is 5.41 Å². The van der Waals surface area contributed by atoms with Crippen molar-refractivity contribution in [2.75, 3.05) is 6.54 Å². The quantitative estimate of drug-likeness (QED) is 0.586. The summed E-state index contributed by atoms with van der Waals surface area (Å²) < 4.78 is 0. The van der Waals surface area contributed by atoms with Crippen LogP contribution in [-0.4, -0.2) is 28.4 Å². The molecular weight excluding hydrogens is 417 g/mol. The monoisotopic (exact) mass is 447 g/mol. The third kappa shape index (κ3) is 6.19. The van der Waals surface area contributed by atoms with Crippen molar-refractivity contribution < 1.29 is 4.79 Å². The molecule has 0 unspecified atom stereocenters. The highest BCUT2D eigenvalue weighted by Gasteiger charge is 2.30. The van der Waals surface area contributed by atoms with Crippen molar-refractivity contribution in [3.05, 3.63) is 63.9 Å². The summed E-state index contributed by atoms with van der Waals surface area (Å²) >= 11 is 12.5. The lowest BCUT2D eigenvalue weighted by atomic mass is 9.91. The van der Waals surface area contributed by atoms with E-state index in [0.717, 1.165) is 37.2 Å². The van der Waals surface area contributed by atoms with E-state index < -0.39 is 5.41 Å². The smallest absolute Gasteiger partial charge is 0.225 e. The molecule has 2 aromatic rings. The van der Waals surface area contributed by atoms with Gasteiger partial charge >= 0.3 is 0 Å². The van der Waals surface area contributed by atoms with Crippen molar-refractivity contribution in [3.8, 4) is 0 Å². The molecule has 0 spiro atoms. The summed E-state index contributed by atoms with van der Waals surface area (Å²) in [5.41, 5.74) is 1.54. The third-order valence-corrected chi connectivity index (χ3v) is 6.26. The van der Waals surface area contributed by atoms with Crippen LogP contribution in [0.1, 0.15) is 63.8 Å². The fourth-order valence-electron chi connectivity index (χ4n) is 3.89. The van der Waals surface area contributed by atoms with Crippen LogP contribution in [0.4, 0.5) is 0 Å². The fraction of sp³-hybridized carbons (Fsp3) is 0.500. The number of amides is 1. The Morgan fingerprint density at radius 2 is 2.03 bits per heavy atom. The molecule has 1 aromatic heterocycles. The first-order valence-electron chi connectivity index (χ1n) is 10.6. The number of nitrogens with one attached hydrogen (secondary N) is 1. The second-order valence-electron chi connectivity index (χ2n) is 9.12. The Balaban J connectivity index is 1.79. The van der Waals surface area contributed by atoms with E-state index in [2.05, 4.69) is 15.2 Å². The summed E-state index contributed by atoms with van der Waals surface area (Å²) in [6.45, 7) is 7.61. The molecule has 1 N–H and O–H groups in total. The maximum Gasteiger partial charge on any atom is 0.225 e. The zero-order valence-corrected chi connectivity index (χ0v) is 19.5. The highest BCUT2D eigenvalue weighted by atomic mass is 35.5. The standard InChI is InChI=1S/C24H31Cl2N3O/c1-24(2,3)23(30)28-22(21-9-4-6-12-27-21)15-19-8-5-7-13-29(19)16-17-10-11-18(25)14-20(17)26/h4,6,9-12,14,19,22H,5,7-8,13,15-16H2,1-3H3,(H,28,30)/t19-,22-/m0/s1. The molecule has 1 amide bonds. The van der Waals surface area contributed by atoms with Gasteiger partial charge in [0.25, 0.3) is 0 Å². The molecule has 0 bridgehead atoms. The van der Waals surface area contributed by atoms with E-state index in [1.54, 1.807) is 12.3 Å². The van der Waals surface area contributed by atoms with Crippen molar-refractivity contribution in [1.29, 1.82) is 0 Å². The van der Waals surface area contributed by atoms with Gasteiger partial charge in [0.2, 0.25) is 5.91 Å². The first-order chi connectivity index (χ1) is 14.2. The zero-order chi connectivity index (χ0) is 21.7. The minimum absolute atomic E-state index is 0.0428. The first-order valence-corrected chi connectivity index (χ1v) is 11.4. The molecule has 30 heavy (non-hydrogen) atoms. The lowest BCUT2D eigenvalue weighted by Gasteiger charge is -2.38. The van der Waals surface area contributed by atoms with Crippen molar-refractivity contribution >= 4 is 29.1 Å². The molecule has 2 atom stereocenters. The van der Waals surface area contributed by atoms with E-state index in [1.807, 2.05) is 51.1 Å². The number of piperidine rings is 1. The first kappa shape index (κ1) is 23.1. The van der Waals surface area contributed by atoms with Gasteiger partial charge in [-0.2, -0.15) is 0 Å². The Morgan fingerprint density at radius 1 is 1.23 bits per heavy atom. The topological polar surface area (TPSA) is 45.2 Å². The van der Waals surface area contributed by atoms with Crippen molar-refractivity contribution in [2.24, 2.45) is 5.41 Å². The van der Waals surface area contributed by atoms with Gasteiger partial charge in [0.15, 0.2) is 0 Å². The van der Waals surface area contributed by atoms with E-state index in [-0.39, 0.29) is 11.9 Å². The number of hydrogen-bond acceptors (Lipinski definition) is 3. The average Bonchev–Trinajstić information content (AvgIpc) is 2.70. The molecule has 1 aromatic carbocycles. The van der Waals surface area contributed by atoms with Gasteiger partial charge in [0.1, 0.15) is 0 Å². The molecule has 1 fully saturated rings. The maximum absolute atomic E-state index is 12.8. The number of rotatable bonds is 6. The SMILES string of the molecule is CC(C)(C)C(=O)N[C@@H](C[C@@H]1CCCCN1Cc1ccc(Cl)cc1Cl)c1ccccn1.